The molecule has 0 fully saturated rings. The minimum Gasteiger partial charge on any atom is -0.311 e. The summed E-state index contributed by atoms with van der Waals surface area (Å²) in [6, 6.07) is 114. The Bertz CT molecular complexity index is 4950. The number of hydrogen-bond acceptors (Lipinski definition) is 6. The van der Waals surface area contributed by atoms with E-state index in [1.165, 1.54) is 55.0 Å². The van der Waals surface area contributed by atoms with Crippen LogP contribution in [0.1, 0.15) is 43.0 Å². The van der Waals surface area contributed by atoms with Gasteiger partial charge in [-0.25, -0.2) is 0 Å². The average molecular weight is 1200 g/mol. The first-order valence-electron chi connectivity index (χ1n) is 32.6. The Balaban J connectivity index is 0.984. The Kier molecular flexibility index (Phi) is 13.2. The van der Waals surface area contributed by atoms with Gasteiger partial charge in [0.2, 0.25) is 0 Å². The van der Waals surface area contributed by atoms with Crippen LogP contribution in [-0.4, -0.2) is 13.4 Å². The summed E-state index contributed by atoms with van der Waals surface area (Å²) >= 11 is 0. The molecule has 17 rings (SSSR count). The molecule has 0 unspecified atom stereocenters. The van der Waals surface area contributed by atoms with E-state index >= 15 is 0 Å². The van der Waals surface area contributed by atoms with Crippen molar-refractivity contribution in [2.24, 2.45) is 0 Å². The van der Waals surface area contributed by atoms with Gasteiger partial charge in [-0.3, -0.25) is 0 Å². The van der Waals surface area contributed by atoms with Crippen LogP contribution < -0.4 is 62.2 Å². The first-order chi connectivity index (χ1) is 45.5. The summed E-state index contributed by atoms with van der Waals surface area (Å²) in [7, 11) is 0. The number of benzene rings is 13. The first kappa shape index (κ1) is 55.8. The number of aryl methyl sites for hydroxylation is 3. The van der Waals surface area contributed by atoms with Crippen LogP contribution >= 0.6 is 0 Å². The summed E-state index contributed by atoms with van der Waals surface area (Å²) in [6.07, 6.45) is 0. The Hall–Kier alpha value is -11.2. The fraction of sp³-hybridized carbons (Fsp3) is 0.0824. The Morgan fingerprint density at radius 3 is 0.839 bits per heavy atom. The lowest BCUT2D eigenvalue weighted by Crippen LogP contribution is -2.65. The van der Waals surface area contributed by atoms with Crippen molar-refractivity contribution in [1.29, 1.82) is 0 Å². The van der Waals surface area contributed by atoms with Crippen LogP contribution in [0.4, 0.5) is 102 Å². The fourth-order valence-electron chi connectivity index (χ4n) is 15.1. The number of para-hydroxylation sites is 6. The van der Waals surface area contributed by atoms with Crippen molar-refractivity contribution < 1.29 is 0 Å². The second kappa shape index (κ2) is 22.0. The molecule has 4 aliphatic heterocycles. The largest absolute Gasteiger partial charge is 0.311 e. The Morgan fingerprint density at radius 1 is 0.247 bits per heavy atom. The van der Waals surface area contributed by atoms with Crippen molar-refractivity contribution in [2.75, 3.05) is 29.4 Å². The predicted octanol–water partition coefficient (Wildman–Crippen LogP) is 19.0. The molecule has 0 aromatic heterocycles. The van der Waals surface area contributed by atoms with E-state index in [1.807, 2.05) is 0 Å². The van der Waals surface area contributed by atoms with Gasteiger partial charge in [-0.05, 0) is 204 Å². The summed E-state index contributed by atoms with van der Waals surface area (Å²) in [5, 5.41) is 0. The second-order valence-electron chi connectivity index (χ2n) is 26.4. The zero-order valence-electron chi connectivity index (χ0n) is 53.2. The molecular formula is C85H68B2N6. The van der Waals surface area contributed by atoms with E-state index in [1.54, 1.807) is 0 Å². The summed E-state index contributed by atoms with van der Waals surface area (Å²) in [5.41, 5.74) is 32.5. The van der Waals surface area contributed by atoms with Crippen LogP contribution in [0.5, 0.6) is 0 Å². The van der Waals surface area contributed by atoms with Crippen molar-refractivity contribution in [2.45, 2.75) is 47.0 Å². The summed E-state index contributed by atoms with van der Waals surface area (Å²) < 4.78 is 0. The van der Waals surface area contributed by atoms with Crippen LogP contribution in [-0.2, 0) is 5.41 Å². The highest BCUT2D eigenvalue weighted by atomic mass is 15.2. The highest BCUT2D eigenvalue weighted by molar-refractivity contribution is 7.03. The van der Waals surface area contributed by atoms with Gasteiger partial charge in [-0.15, -0.1) is 0 Å². The quantitative estimate of drug-likeness (QED) is 0.126. The van der Waals surface area contributed by atoms with Crippen molar-refractivity contribution in [3.05, 3.63) is 326 Å². The molecule has 0 saturated heterocycles. The standard InChI is InChI=1S/C85H68B2N6/c1-57-35-43-65(44-36-57)88(66-45-37-58(2)38-46-66)69-51-79-83-81(53-69)92(63-27-15-9-16-28-63)77-56-78-74(55-73(77)86(83)71-31-19-21-33-75(71)90(79)61-23-11-7-12-24-61)87-72-32-20-22-34-76(72)91(62-25-13-8-14-26-62)80-52-70(54-82(84(80)87)93(78)64-29-17-10-18-30-64)89(67-47-39-59(3)40-48-67)68-49-41-60(42-50-68)85(4,5)6/h7-56H,1-6H3. The van der Waals surface area contributed by atoms with Gasteiger partial charge in [-0.2, -0.15) is 0 Å². The molecule has 13 aromatic carbocycles. The molecule has 0 N–H and O–H groups in total. The monoisotopic (exact) mass is 1190 g/mol. The number of nitrogens with zero attached hydrogens (tertiary/aromatic N) is 6. The molecule has 444 valence electrons. The lowest BCUT2D eigenvalue weighted by atomic mass is 9.30. The van der Waals surface area contributed by atoms with Crippen LogP contribution in [0.15, 0.2) is 303 Å². The summed E-state index contributed by atoms with van der Waals surface area (Å²) in [4.78, 5) is 15.1. The van der Waals surface area contributed by atoms with E-state index in [4.69, 9.17) is 0 Å². The van der Waals surface area contributed by atoms with E-state index in [-0.39, 0.29) is 18.8 Å². The molecule has 0 atom stereocenters. The van der Waals surface area contributed by atoms with Crippen molar-refractivity contribution >= 4 is 149 Å². The molecule has 0 saturated carbocycles. The van der Waals surface area contributed by atoms with Gasteiger partial charge in [0.25, 0.3) is 13.4 Å². The highest BCUT2D eigenvalue weighted by Gasteiger charge is 2.49. The minimum absolute atomic E-state index is 0.0145. The molecule has 0 spiro atoms. The van der Waals surface area contributed by atoms with Crippen molar-refractivity contribution in [3.8, 4) is 0 Å². The third kappa shape index (κ3) is 9.25. The van der Waals surface area contributed by atoms with E-state index in [9.17, 15) is 0 Å². The molecule has 0 radical (unpaired) electrons. The molecule has 13 aromatic rings. The molecule has 4 aliphatic rings. The molecule has 0 bridgehead atoms. The van der Waals surface area contributed by atoms with Crippen LogP contribution in [0.25, 0.3) is 0 Å². The van der Waals surface area contributed by atoms with E-state index in [2.05, 4.69) is 374 Å². The van der Waals surface area contributed by atoms with E-state index in [0.717, 1.165) is 102 Å². The topological polar surface area (TPSA) is 19.4 Å². The maximum absolute atomic E-state index is 2.64. The lowest BCUT2D eigenvalue weighted by molar-refractivity contribution is 0.590. The van der Waals surface area contributed by atoms with E-state index in [0.29, 0.717) is 0 Å². The number of rotatable bonds is 10. The summed E-state index contributed by atoms with van der Waals surface area (Å²) in [6.45, 7) is 13.1. The molecule has 0 aliphatic carbocycles. The maximum Gasteiger partial charge on any atom is 0.252 e. The molecule has 0 amide bonds. The molecule has 6 nitrogen and oxygen atoms in total. The minimum atomic E-state index is -0.162. The summed E-state index contributed by atoms with van der Waals surface area (Å²) in [5.74, 6) is 0. The maximum atomic E-state index is 2.64. The molecular weight excluding hydrogens is 1130 g/mol. The number of fused-ring (bicyclic) bond motifs is 8. The highest BCUT2D eigenvalue weighted by Crippen LogP contribution is 2.52. The predicted molar refractivity (Wildman–Crippen MR) is 397 cm³/mol. The van der Waals surface area contributed by atoms with Crippen molar-refractivity contribution in [3.63, 3.8) is 0 Å². The van der Waals surface area contributed by atoms with Gasteiger partial charge in [0, 0.05) is 91.0 Å². The third-order valence-corrected chi connectivity index (χ3v) is 19.5. The smallest absolute Gasteiger partial charge is 0.252 e. The molecule has 93 heavy (non-hydrogen) atoms. The van der Waals surface area contributed by atoms with Crippen LogP contribution in [0.2, 0.25) is 0 Å². The lowest BCUT2D eigenvalue weighted by Gasteiger charge is -2.47. The van der Waals surface area contributed by atoms with Gasteiger partial charge in [-0.1, -0.05) is 201 Å². The second-order valence-corrected chi connectivity index (χ2v) is 26.4. The zero-order valence-corrected chi connectivity index (χ0v) is 53.2. The fourth-order valence-corrected chi connectivity index (χ4v) is 15.1. The molecule has 8 heteroatoms. The third-order valence-electron chi connectivity index (χ3n) is 19.5. The number of hydrogen-bond donors (Lipinski definition) is 0. The van der Waals surface area contributed by atoms with Crippen LogP contribution in [0.3, 0.4) is 0 Å². The van der Waals surface area contributed by atoms with Gasteiger partial charge >= 0.3 is 0 Å². The van der Waals surface area contributed by atoms with E-state index < -0.39 is 0 Å². The van der Waals surface area contributed by atoms with Crippen LogP contribution in [0, 0.1) is 20.8 Å². The SMILES string of the molecule is Cc1ccc(N(c2ccc(C)cc2)c2cc3c4c(c2)N(c2ccccc2)c2cc5c(cc2B4c2ccccc2N3c2ccccc2)B2c3ccccc3N(c3ccccc3)c3cc(N(c4ccc(C)cc4)c4ccc(C(C)(C)C)cc4)cc(c32)N5c2ccccc2)cc1. The van der Waals surface area contributed by atoms with Crippen molar-refractivity contribution in [1.82, 2.24) is 0 Å². The Morgan fingerprint density at radius 2 is 0.527 bits per heavy atom. The van der Waals surface area contributed by atoms with Gasteiger partial charge in [0.05, 0.1) is 11.4 Å². The zero-order chi connectivity index (χ0) is 62.6. The number of anilines is 18. The first-order valence-corrected chi connectivity index (χ1v) is 32.6. The average Bonchev–Trinajstić information content (AvgIpc) is 0.687. The van der Waals surface area contributed by atoms with Gasteiger partial charge < -0.3 is 29.4 Å². The molecule has 4 heterocycles. The Labute approximate surface area is 547 Å². The van der Waals surface area contributed by atoms with Gasteiger partial charge in [0.1, 0.15) is 0 Å². The normalized spacial score (nSPS) is 13.1. The van der Waals surface area contributed by atoms with Gasteiger partial charge in [0.15, 0.2) is 0 Å².